The second-order valence-electron chi connectivity index (χ2n) is 16.0. The molecule has 1 aromatic heterocycles. The quantitative estimate of drug-likeness (QED) is 0.0139. The Labute approximate surface area is 380 Å². The van der Waals surface area contributed by atoms with Crippen LogP contribution >= 0.6 is 20.8 Å². The van der Waals surface area contributed by atoms with Crippen LogP contribution in [0.3, 0.4) is 0 Å². The van der Waals surface area contributed by atoms with E-state index in [1.165, 1.54) is 31.9 Å². The SMILES string of the molecule is C/C=C(/C)N=C(N=C/C(=C\C)c1ccc(C2C[C@H]2CCN(C=O)[C@H](CC(=C/N)/C=N/C(F)F)C(=O)NC(C)(C)Cn2nc(C(F)(F)P)cc2C(/C=C\C=O)=N/NC)c(Cl)c1)C(C)CC. The van der Waals surface area contributed by atoms with Gasteiger partial charge in [-0.1, -0.05) is 59.0 Å². The predicted molar refractivity (Wildman–Crippen MR) is 252 cm³/mol. The Balaban J connectivity index is 1.86. The molecule has 3 rings (SSSR count). The van der Waals surface area contributed by atoms with Crippen molar-refractivity contribution in [2.45, 2.75) is 110 Å². The van der Waals surface area contributed by atoms with Gasteiger partial charge in [-0.2, -0.15) is 27.8 Å². The maximum Gasteiger partial charge on any atom is 0.331 e. The number of alkyl halides is 4. The van der Waals surface area contributed by atoms with Crippen LogP contribution in [0.1, 0.15) is 103 Å². The zero-order chi connectivity index (χ0) is 47.8. The van der Waals surface area contributed by atoms with Crippen molar-refractivity contribution in [1.29, 1.82) is 0 Å². The number of nitrogens with zero attached hydrogens (tertiary/aromatic N) is 7. The molecule has 0 aliphatic heterocycles. The average Bonchev–Trinajstić information content (AvgIpc) is 3.89. The van der Waals surface area contributed by atoms with E-state index < -0.39 is 35.4 Å². The largest absolute Gasteiger partial charge is 0.404 e. The minimum absolute atomic E-state index is 0.0691. The molecule has 1 aliphatic rings. The smallest absolute Gasteiger partial charge is 0.331 e. The molecular formula is C45H60ClF4N10O3P. The fourth-order valence-electron chi connectivity index (χ4n) is 6.76. The molecule has 1 aliphatic carbocycles. The van der Waals surface area contributed by atoms with Crippen LogP contribution in [-0.2, 0) is 26.6 Å². The third kappa shape index (κ3) is 15.8. The summed E-state index contributed by atoms with van der Waals surface area (Å²) < 4.78 is 56.4. The number of amidine groups is 1. The maximum atomic E-state index is 14.5. The third-order valence-electron chi connectivity index (χ3n) is 10.6. The van der Waals surface area contributed by atoms with E-state index in [9.17, 15) is 31.9 Å². The van der Waals surface area contributed by atoms with Gasteiger partial charge in [-0.05, 0) is 118 Å². The van der Waals surface area contributed by atoms with Crippen LogP contribution in [0, 0.1) is 11.8 Å². The summed E-state index contributed by atoms with van der Waals surface area (Å²) in [6, 6.07) is 5.76. The zero-order valence-corrected chi connectivity index (χ0v) is 39.4. The molecule has 64 heavy (non-hydrogen) atoms. The first kappa shape index (κ1) is 53.1. The first-order chi connectivity index (χ1) is 30.2. The van der Waals surface area contributed by atoms with Gasteiger partial charge in [-0.25, -0.2) is 15.0 Å². The van der Waals surface area contributed by atoms with Crippen LogP contribution in [0.25, 0.3) is 5.57 Å². The van der Waals surface area contributed by atoms with Gasteiger partial charge in [0.2, 0.25) is 12.3 Å². The molecule has 5 atom stereocenters. The number of benzene rings is 1. The Hall–Kier alpha value is -5.28. The lowest BCUT2D eigenvalue weighted by atomic mass is 10.00. The van der Waals surface area contributed by atoms with E-state index in [2.05, 4.69) is 44.8 Å². The summed E-state index contributed by atoms with van der Waals surface area (Å²) in [5, 5.41) is 11.6. The Morgan fingerprint density at radius 1 is 1.17 bits per heavy atom. The van der Waals surface area contributed by atoms with Gasteiger partial charge in [0.05, 0.1) is 17.8 Å². The number of hydrazone groups is 1. The summed E-state index contributed by atoms with van der Waals surface area (Å²) >= 11 is 6.89. The minimum atomic E-state index is -3.42. The van der Waals surface area contributed by atoms with Gasteiger partial charge in [0.1, 0.15) is 29.6 Å². The number of halogens is 5. The Bertz CT molecular complexity index is 2190. The average molecular weight is 931 g/mol. The first-order valence-corrected chi connectivity index (χ1v) is 21.8. The Morgan fingerprint density at radius 3 is 2.45 bits per heavy atom. The zero-order valence-electron chi connectivity index (χ0n) is 37.5. The number of nitrogens with two attached hydrogens (primary N) is 1. The molecule has 19 heteroatoms. The van der Waals surface area contributed by atoms with Gasteiger partial charge in [-0.15, -0.1) is 0 Å². The third-order valence-corrected chi connectivity index (χ3v) is 11.2. The topological polar surface area (TPSA) is 172 Å². The van der Waals surface area contributed by atoms with Crippen molar-refractivity contribution in [2.24, 2.45) is 37.6 Å². The van der Waals surface area contributed by atoms with E-state index in [1.807, 2.05) is 51.1 Å². The fourth-order valence-corrected chi connectivity index (χ4v) is 7.23. The van der Waals surface area contributed by atoms with E-state index in [0.717, 1.165) is 65.6 Å². The standard InChI is InChI=1S/C45H60ClF4N10O3P/c1-9-28(4)41(55-29(5)10-2)53-25-31(11-3)32-14-15-34(36(46)21-32)35-20-33(35)16-17-59(27-62)39(19-30(23-51)24-54-43(47)48)42(63)56-44(6,7)26-60-38(22-40(58-60)45(49,50)64)37(57-52-8)13-12-18-61/h10-15,18,21-25,27-28,33,35,39,43,52H,9,16-17,19-20,26,51,64H2,1-8H3,(H,56,63)/b13-12-,29-10-,30-23-,31-11+,53-25?,54-24+,55-41?,57-37+/t28?,33-,35?,39-/m1/s1. The molecule has 4 N–H and O–H groups in total. The van der Waals surface area contributed by atoms with Crippen molar-refractivity contribution in [3.63, 3.8) is 0 Å². The molecule has 0 radical (unpaired) electrons. The number of allylic oxidation sites excluding steroid dienone is 6. The Morgan fingerprint density at radius 2 is 1.89 bits per heavy atom. The summed E-state index contributed by atoms with van der Waals surface area (Å²) in [4.78, 5) is 51.9. The van der Waals surface area contributed by atoms with Crippen molar-refractivity contribution in [1.82, 2.24) is 25.4 Å². The molecule has 0 spiro atoms. The second kappa shape index (κ2) is 24.7. The molecule has 348 valence electrons. The fraction of sp³-hybridized carbons (Fsp3) is 0.467. The highest BCUT2D eigenvalue weighted by Crippen LogP contribution is 2.52. The number of carbonyl (C=O) groups excluding carboxylic acids is 3. The van der Waals surface area contributed by atoms with Gasteiger partial charge in [0.25, 0.3) is 0 Å². The van der Waals surface area contributed by atoms with Gasteiger partial charge in [-0.3, -0.25) is 19.1 Å². The van der Waals surface area contributed by atoms with E-state index in [4.69, 9.17) is 22.3 Å². The number of aromatic nitrogens is 2. The molecule has 2 aromatic rings. The Kier molecular flexibility index (Phi) is 20.5. The number of rotatable bonds is 24. The number of aldehydes is 1. The van der Waals surface area contributed by atoms with Gasteiger partial charge in [0.15, 0.2) is 0 Å². The molecular weight excluding hydrogens is 871 g/mol. The van der Waals surface area contributed by atoms with E-state index in [0.29, 0.717) is 24.1 Å². The maximum absolute atomic E-state index is 14.5. The lowest BCUT2D eigenvalue weighted by molar-refractivity contribution is -0.134. The highest BCUT2D eigenvalue weighted by molar-refractivity contribution is 7.17. The van der Waals surface area contributed by atoms with Crippen LogP contribution in [-0.4, -0.2) is 89.0 Å². The summed E-state index contributed by atoms with van der Waals surface area (Å²) in [5.41, 5.74) is 6.96. The molecule has 0 saturated heterocycles. The van der Waals surface area contributed by atoms with Crippen molar-refractivity contribution in [2.75, 3.05) is 13.6 Å². The van der Waals surface area contributed by atoms with Crippen molar-refractivity contribution < 1.29 is 31.9 Å². The lowest BCUT2D eigenvalue weighted by Gasteiger charge is -2.33. The van der Waals surface area contributed by atoms with Gasteiger partial charge in [0, 0.05) is 49.1 Å². The van der Waals surface area contributed by atoms with Crippen molar-refractivity contribution in [3.05, 3.63) is 93.6 Å². The van der Waals surface area contributed by atoms with Crippen LogP contribution in [0.5, 0.6) is 0 Å². The van der Waals surface area contributed by atoms with Gasteiger partial charge < -0.3 is 21.4 Å². The molecule has 1 aromatic carbocycles. The molecule has 1 fully saturated rings. The molecule has 1 heterocycles. The van der Waals surface area contributed by atoms with Crippen LogP contribution < -0.4 is 16.5 Å². The number of hydrogen-bond donors (Lipinski definition) is 3. The minimum Gasteiger partial charge on any atom is -0.404 e. The predicted octanol–water partition coefficient (Wildman–Crippen LogP) is 8.42. The summed E-state index contributed by atoms with van der Waals surface area (Å²) in [7, 11) is 2.90. The van der Waals surface area contributed by atoms with Crippen molar-refractivity contribution >= 4 is 69.0 Å². The van der Waals surface area contributed by atoms with Crippen LogP contribution in [0.4, 0.5) is 17.6 Å². The van der Waals surface area contributed by atoms with E-state index in [-0.39, 0.29) is 54.2 Å². The van der Waals surface area contributed by atoms with E-state index in [1.54, 1.807) is 20.1 Å². The number of carbonyl (C=O) groups is 3. The second-order valence-corrected chi connectivity index (χ2v) is 17.1. The van der Waals surface area contributed by atoms with Crippen LogP contribution in [0.2, 0.25) is 5.02 Å². The molecule has 2 amide bonds. The lowest BCUT2D eigenvalue weighted by Crippen LogP contribution is -2.55. The van der Waals surface area contributed by atoms with Gasteiger partial charge >= 0.3 is 12.2 Å². The van der Waals surface area contributed by atoms with E-state index >= 15 is 0 Å². The normalized spacial score (nSPS) is 18.0. The summed E-state index contributed by atoms with van der Waals surface area (Å²) in [6.07, 6.45) is 12.9. The van der Waals surface area contributed by atoms with Crippen LogP contribution in [0.15, 0.2) is 86.1 Å². The number of hydrogen-bond acceptors (Lipinski definition) is 9. The highest BCUT2D eigenvalue weighted by atomic mass is 35.5. The first-order valence-electron chi connectivity index (χ1n) is 20.8. The van der Waals surface area contributed by atoms with Crippen molar-refractivity contribution in [3.8, 4) is 0 Å². The molecule has 13 nitrogen and oxygen atoms in total. The number of aliphatic imine (C=N–C) groups is 3. The summed E-state index contributed by atoms with van der Waals surface area (Å²) in [5.74, 6) is 0.440. The number of nitrogens with one attached hydrogen (secondary N) is 2. The molecule has 0 bridgehead atoms. The highest BCUT2D eigenvalue weighted by Gasteiger charge is 2.40. The monoisotopic (exact) mass is 930 g/mol. The summed E-state index contributed by atoms with van der Waals surface area (Å²) in [6.45, 7) is 10.1. The number of amides is 2. The molecule has 1 saturated carbocycles. The molecule has 3 unspecified atom stereocenters.